The molecule has 3 saturated heterocycles. The lowest BCUT2D eigenvalue weighted by atomic mass is 9.58. The van der Waals surface area contributed by atoms with Crippen molar-refractivity contribution in [1.82, 2.24) is 5.32 Å². The van der Waals surface area contributed by atoms with E-state index in [-0.39, 0.29) is 42.4 Å². The van der Waals surface area contributed by atoms with Gasteiger partial charge in [-0.3, -0.25) is 4.79 Å². The van der Waals surface area contributed by atoms with E-state index in [0.29, 0.717) is 25.2 Å². The molecule has 0 aromatic heterocycles. The zero-order valence-electron chi connectivity index (χ0n) is 25.6. The van der Waals surface area contributed by atoms with Gasteiger partial charge in [0.1, 0.15) is 17.5 Å². The SMILES string of the molecule is CC=C(CO)C(=O)O[C@H]1CC2C(O)C3C(=O)CC(CO)OC3C(C3CCCC(O)C3)C2O[C@@]1(C)CCC1CCC(N)NC1. The second kappa shape index (κ2) is 13.9. The number of nitrogens with two attached hydrogens (primary N) is 1. The van der Waals surface area contributed by atoms with E-state index in [4.69, 9.17) is 19.9 Å². The number of ether oxygens (including phenoxy) is 3. The van der Waals surface area contributed by atoms with Gasteiger partial charge in [-0.25, -0.2) is 4.79 Å². The van der Waals surface area contributed by atoms with Crippen molar-refractivity contribution in [3.8, 4) is 0 Å². The Morgan fingerprint density at radius 1 is 1.16 bits per heavy atom. The summed E-state index contributed by atoms with van der Waals surface area (Å²) < 4.78 is 19.5. The van der Waals surface area contributed by atoms with Crippen LogP contribution in [0.4, 0.5) is 0 Å². The zero-order chi connectivity index (χ0) is 30.9. The van der Waals surface area contributed by atoms with Gasteiger partial charge in [-0.1, -0.05) is 12.5 Å². The van der Waals surface area contributed by atoms with E-state index in [2.05, 4.69) is 5.32 Å². The van der Waals surface area contributed by atoms with Crippen LogP contribution in [0.25, 0.3) is 0 Å². The second-order valence-electron chi connectivity index (χ2n) is 13.9. The molecule has 5 fully saturated rings. The van der Waals surface area contributed by atoms with Gasteiger partial charge in [-0.05, 0) is 83.6 Å². The van der Waals surface area contributed by atoms with Crippen molar-refractivity contribution in [3.05, 3.63) is 11.6 Å². The molecule has 3 aliphatic heterocycles. The maximum absolute atomic E-state index is 13.5. The third-order valence-corrected chi connectivity index (χ3v) is 11.1. The lowest BCUT2D eigenvalue weighted by molar-refractivity contribution is -0.292. The molecule has 0 aromatic rings. The maximum Gasteiger partial charge on any atom is 0.336 e. The lowest BCUT2D eigenvalue weighted by Gasteiger charge is -2.59. The van der Waals surface area contributed by atoms with Crippen molar-refractivity contribution >= 4 is 11.8 Å². The summed E-state index contributed by atoms with van der Waals surface area (Å²) in [6, 6.07) is 0. The van der Waals surface area contributed by atoms with Crippen LogP contribution in [0.3, 0.4) is 0 Å². The number of piperidine rings is 1. The number of fused-ring (bicyclic) bond motifs is 2. The minimum Gasteiger partial charge on any atom is -0.456 e. The van der Waals surface area contributed by atoms with E-state index in [1.54, 1.807) is 6.92 Å². The highest BCUT2D eigenvalue weighted by Crippen LogP contribution is 2.53. The molecule has 11 heteroatoms. The number of hydrogen-bond donors (Lipinski definition) is 6. The van der Waals surface area contributed by atoms with Crippen molar-refractivity contribution in [1.29, 1.82) is 0 Å². The third-order valence-electron chi connectivity index (χ3n) is 11.1. The van der Waals surface area contributed by atoms with Crippen LogP contribution in [0, 0.1) is 29.6 Å². The molecule has 244 valence electrons. The number of ketones is 1. The molecule has 0 amide bonds. The van der Waals surface area contributed by atoms with Crippen LogP contribution in [0.5, 0.6) is 0 Å². The monoisotopic (exact) mass is 608 g/mol. The van der Waals surface area contributed by atoms with E-state index >= 15 is 0 Å². The molecule has 11 unspecified atom stereocenters. The molecule has 13 atom stereocenters. The average Bonchev–Trinajstić information content (AvgIpc) is 2.98. The molecule has 43 heavy (non-hydrogen) atoms. The summed E-state index contributed by atoms with van der Waals surface area (Å²) in [4.78, 5) is 26.6. The van der Waals surface area contributed by atoms with Gasteiger partial charge < -0.3 is 45.7 Å². The first-order valence-electron chi connectivity index (χ1n) is 16.4. The Morgan fingerprint density at radius 3 is 2.60 bits per heavy atom. The van der Waals surface area contributed by atoms with Crippen LogP contribution in [0.1, 0.15) is 78.1 Å². The smallest absolute Gasteiger partial charge is 0.336 e. The molecule has 7 N–H and O–H groups in total. The maximum atomic E-state index is 13.5. The summed E-state index contributed by atoms with van der Waals surface area (Å²) in [7, 11) is 0. The molecule has 5 aliphatic rings. The van der Waals surface area contributed by atoms with E-state index in [9.17, 15) is 30.0 Å². The topological polar surface area (TPSA) is 181 Å². The van der Waals surface area contributed by atoms with Gasteiger partial charge >= 0.3 is 5.97 Å². The Labute approximate surface area is 254 Å². The number of rotatable bonds is 8. The number of aliphatic hydroxyl groups excluding tert-OH is 4. The molecule has 11 nitrogen and oxygen atoms in total. The number of carbonyl (C=O) groups excluding carboxylic acids is 2. The fourth-order valence-electron chi connectivity index (χ4n) is 8.61. The predicted molar refractivity (Wildman–Crippen MR) is 156 cm³/mol. The van der Waals surface area contributed by atoms with Gasteiger partial charge in [0, 0.05) is 18.3 Å². The molecular formula is C32H52N2O9. The number of esters is 1. The van der Waals surface area contributed by atoms with Gasteiger partial charge in [0.15, 0.2) is 0 Å². The van der Waals surface area contributed by atoms with Gasteiger partial charge in [-0.2, -0.15) is 0 Å². The molecule has 0 spiro atoms. The Kier molecular flexibility index (Phi) is 10.7. The Balaban J connectivity index is 1.48. The minimum atomic E-state index is -1.07. The van der Waals surface area contributed by atoms with Gasteiger partial charge in [0.2, 0.25) is 0 Å². The molecule has 0 radical (unpaired) electrons. The highest BCUT2D eigenvalue weighted by molar-refractivity contribution is 5.88. The lowest BCUT2D eigenvalue weighted by Crippen LogP contribution is -2.69. The average molecular weight is 609 g/mol. The van der Waals surface area contributed by atoms with Crippen molar-refractivity contribution < 1.29 is 44.2 Å². The normalized spacial score (nSPS) is 45.7. The summed E-state index contributed by atoms with van der Waals surface area (Å²) in [6.07, 6.45) is 4.11. The van der Waals surface area contributed by atoms with Gasteiger partial charge in [0.05, 0.1) is 61.4 Å². The first kappa shape index (κ1) is 32.9. The summed E-state index contributed by atoms with van der Waals surface area (Å²) in [6.45, 7) is 3.70. The van der Waals surface area contributed by atoms with Crippen LogP contribution >= 0.6 is 0 Å². The van der Waals surface area contributed by atoms with Crippen LogP contribution in [0.15, 0.2) is 11.6 Å². The van der Waals surface area contributed by atoms with Crippen LogP contribution in [-0.2, 0) is 23.8 Å². The third kappa shape index (κ3) is 6.89. The number of hydrogen-bond acceptors (Lipinski definition) is 11. The fourth-order valence-corrected chi connectivity index (χ4v) is 8.61. The second-order valence-corrected chi connectivity index (χ2v) is 13.9. The minimum absolute atomic E-state index is 0.00538. The van der Waals surface area contributed by atoms with Crippen LogP contribution in [-0.4, -0.2) is 100 Å². The fraction of sp³-hybridized carbons (Fsp3) is 0.875. The first-order chi connectivity index (χ1) is 20.6. The molecule has 2 aliphatic carbocycles. The highest BCUT2D eigenvalue weighted by Gasteiger charge is 2.62. The first-order valence-corrected chi connectivity index (χ1v) is 16.4. The quantitative estimate of drug-likeness (QED) is 0.171. The molecular weight excluding hydrogens is 556 g/mol. The zero-order valence-corrected chi connectivity index (χ0v) is 25.6. The van der Waals surface area contributed by atoms with Gasteiger partial charge in [-0.15, -0.1) is 0 Å². The number of nitrogens with one attached hydrogen (secondary N) is 1. The van der Waals surface area contributed by atoms with E-state index in [1.165, 1.54) is 6.08 Å². The number of aliphatic hydroxyl groups is 4. The molecule has 5 rings (SSSR count). The molecule has 3 heterocycles. The summed E-state index contributed by atoms with van der Waals surface area (Å²) in [5, 5.41) is 45.5. The summed E-state index contributed by atoms with van der Waals surface area (Å²) >= 11 is 0. The van der Waals surface area contributed by atoms with Crippen molar-refractivity contribution in [2.45, 2.75) is 126 Å². The number of carbonyl (C=O) groups is 2. The number of allylic oxidation sites excluding steroid dienone is 1. The Hall–Kier alpha value is -1.44. The molecule has 0 aromatic carbocycles. The van der Waals surface area contributed by atoms with Gasteiger partial charge in [0.25, 0.3) is 0 Å². The van der Waals surface area contributed by atoms with Crippen molar-refractivity contribution in [3.63, 3.8) is 0 Å². The van der Waals surface area contributed by atoms with Crippen molar-refractivity contribution in [2.24, 2.45) is 35.3 Å². The largest absolute Gasteiger partial charge is 0.456 e. The highest BCUT2D eigenvalue weighted by atomic mass is 16.6. The Morgan fingerprint density at radius 2 is 1.95 bits per heavy atom. The van der Waals surface area contributed by atoms with E-state index in [1.807, 2.05) is 6.92 Å². The van der Waals surface area contributed by atoms with Crippen molar-refractivity contribution in [2.75, 3.05) is 19.8 Å². The van der Waals surface area contributed by atoms with E-state index in [0.717, 1.165) is 45.1 Å². The van der Waals surface area contributed by atoms with Crippen LogP contribution < -0.4 is 11.1 Å². The summed E-state index contributed by atoms with van der Waals surface area (Å²) in [5.74, 6) is -1.91. The molecule has 2 saturated carbocycles. The van der Waals surface area contributed by atoms with E-state index < -0.39 is 66.6 Å². The number of Topliss-reactive ketones (excluding diaryl/α,β-unsaturated/α-hetero) is 1. The molecule has 0 bridgehead atoms. The predicted octanol–water partition coefficient (Wildman–Crippen LogP) is 0.942. The standard InChI is InChI=1S/C32H52N2O9/c1-3-18(15-35)31(40)42-24-13-22-28(39)27-23(38)12-21(16-36)41-30(27)26(19-5-4-6-20(37)11-19)29(22)43-32(24,2)10-9-17-7-8-25(33)34-14-17/h3,17,19-22,24-30,34-37,39H,4-16,33H2,1-2H3/t17?,19?,20?,21?,22?,24-,25?,26?,27?,28?,29?,30?,32-/m0/s1. The Bertz CT molecular complexity index is 1020. The van der Waals surface area contributed by atoms with Crippen LogP contribution in [0.2, 0.25) is 0 Å². The summed E-state index contributed by atoms with van der Waals surface area (Å²) in [5.41, 5.74) is 5.29.